The summed E-state index contributed by atoms with van der Waals surface area (Å²) in [5, 5.41) is 20.7. The summed E-state index contributed by atoms with van der Waals surface area (Å²) in [5.74, 6) is -4.21. The van der Waals surface area contributed by atoms with E-state index < -0.39 is 70.4 Å². The lowest BCUT2D eigenvalue weighted by molar-refractivity contribution is -0.138. The molecule has 0 radical (unpaired) electrons. The highest BCUT2D eigenvalue weighted by molar-refractivity contribution is 8.76. The molecule has 0 heterocycles. The van der Waals surface area contributed by atoms with Gasteiger partial charge in [0.2, 0.25) is 23.6 Å². The maximum Gasteiger partial charge on any atom is 0.261 e. The van der Waals surface area contributed by atoms with Gasteiger partial charge in [0, 0.05) is 48.6 Å². The summed E-state index contributed by atoms with van der Waals surface area (Å²) in [6, 6.07) is -2.76. The van der Waals surface area contributed by atoms with E-state index >= 15 is 0 Å². The lowest BCUT2D eigenvalue weighted by atomic mass is 10.0. The number of nitrogens with two attached hydrogens (primary N) is 2. The third-order valence-corrected chi connectivity index (χ3v) is 10.9. The van der Waals surface area contributed by atoms with E-state index in [1.165, 1.54) is 28.1 Å². The number of hydrogen-bond donors (Lipinski definition) is 14. The molecule has 0 bridgehead atoms. The van der Waals surface area contributed by atoms with E-state index in [0.29, 0.717) is 6.54 Å². The number of thiol groups is 4. The van der Waals surface area contributed by atoms with Crippen molar-refractivity contribution >= 4 is 108 Å². The summed E-state index contributed by atoms with van der Waals surface area (Å²) in [4.78, 5) is 77.3. The predicted octanol–water partition coefficient (Wildman–Crippen LogP) is -3.95. The highest BCUT2D eigenvalue weighted by Gasteiger charge is 2.44. The zero-order valence-electron chi connectivity index (χ0n) is 26.4. The van der Waals surface area contributed by atoms with Crippen LogP contribution in [0.5, 0.6) is 0 Å². The molecular weight excluding hydrogens is 717 g/mol. The minimum atomic E-state index is -1.98. The highest BCUT2D eigenvalue weighted by atomic mass is 33.1. The molecule has 0 saturated carbocycles. The summed E-state index contributed by atoms with van der Waals surface area (Å²) in [7, 11) is 6.32. The SMILES string of the molecule is CCN[C@@H](CS)C(=O)N[C@@H](CSSC[C@](N)(NC(=O)[C@](C)(CS)NC(=O)[C@](N)(CS)NC)C(=O)NC)C(=O)N[C@@H](CS)C(=O)NC. The average Bonchev–Trinajstić information content (AvgIpc) is 3.05. The van der Waals surface area contributed by atoms with Crippen molar-refractivity contribution in [3.8, 4) is 0 Å². The van der Waals surface area contributed by atoms with Gasteiger partial charge < -0.3 is 48.7 Å². The van der Waals surface area contributed by atoms with Crippen molar-refractivity contribution < 1.29 is 28.8 Å². The second kappa shape index (κ2) is 21.7. The Labute approximate surface area is 299 Å². The van der Waals surface area contributed by atoms with Crippen LogP contribution in [0.4, 0.5) is 0 Å². The standard InChI is InChI=1S/C24H48N10O6S6/c1-6-30-13(7-41)17(36)32-15(18(37)31-14(8-42)16(35)27-3)9-45-46-12-24(26,20(39)28-4)34-19(38)22(2,10-43)33-21(40)23(25,11-44)29-5/h13-15,29-30,41-44H,6-12,25-26H2,1-5H3,(H,27,35)(H,28,39)(H,31,37)(H,32,36)(H,33,40)(H,34,38)/t13-,14-,15-,22-,23-,24-/m0/s1. The molecule has 6 amide bonds. The second-order valence-corrected chi connectivity index (χ2v) is 14.0. The molecule has 6 atom stereocenters. The number of carbonyl (C=O) groups excluding carboxylic acids is 6. The molecule has 0 spiro atoms. The Morgan fingerprint density at radius 3 is 1.72 bits per heavy atom. The minimum Gasteiger partial charge on any atom is -0.357 e. The molecule has 0 aromatic heterocycles. The zero-order chi connectivity index (χ0) is 35.7. The molecule has 266 valence electrons. The Morgan fingerprint density at radius 2 is 1.26 bits per heavy atom. The summed E-state index contributed by atoms with van der Waals surface area (Å²) in [5.41, 5.74) is 7.17. The summed E-state index contributed by atoms with van der Waals surface area (Å²) < 4.78 is 0. The van der Waals surface area contributed by atoms with Crippen molar-refractivity contribution in [1.29, 1.82) is 0 Å². The monoisotopic (exact) mass is 764 g/mol. The Kier molecular flexibility index (Phi) is 21.1. The fraction of sp³-hybridized carbons (Fsp3) is 0.750. The smallest absolute Gasteiger partial charge is 0.261 e. The first kappa shape index (κ1) is 44.8. The quantitative estimate of drug-likeness (QED) is 0.0219. The van der Waals surface area contributed by atoms with Crippen LogP contribution in [-0.2, 0) is 28.8 Å². The fourth-order valence-electron chi connectivity index (χ4n) is 3.35. The van der Waals surface area contributed by atoms with E-state index in [1.54, 1.807) is 0 Å². The molecule has 16 nitrogen and oxygen atoms in total. The van der Waals surface area contributed by atoms with Gasteiger partial charge in [-0.1, -0.05) is 28.5 Å². The van der Waals surface area contributed by atoms with Crippen LogP contribution < -0.4 is 54.0 Å². The van der Waals surface area contributed by atoms with E-state index in [4.69, 9.17) is 11.5 Å². The summed E-state index contributed by atoms with van der Waals surface area (Å²) in [6.45, 7) is 3.69. The van der Waals surface area contributed by atoms with Crippen LogP contribution in [0.2, 0.25) is 0 Å². The van der Waals surface area contributed by atoms with Gasteiger partial charge >= 0.3 is 0 Å². The first-order valence-corrected chi connectivity index (χ1v) is 18.9. The van der Waals surface area contributed by atoms with Crippen molar-refractivity contribution in [3.05, 3.63) is 0 Å². The van der Waals surface area contributed by atoms with E-state index in [9.17, 15) is 28.8 Å². The van der Waals surface area contributed by atoms with E-state index in [2.05, 4.69) is 93.0 Å². The zero-order valence-corrected chi connectivity index (χ0v) is 31.6. The Bertz CT molecular complexity index is 1060. The molecule has 0 aromatic rings. The number of rotatable bonds is 22. The van der Waals surface area contributed by atoms with Crippen molar-refractivity contribution in [2.75, 3.05) is 62.2 Å². The van der Waals surface area contributed by atoms with Crippen molar-refractivity contribution in [2.45, 2.75) is 48.8 Å². The van der Waals surface area contributed by atoms with E-state index in [0.717, 1.165) is 21.6 Å². The first-order chi connectivity index (χ1) is 21.5. The second-order valence-electron chi connectivity index (χ2n) is 10.1. The topological polar surface area (TPSA) is 251 Å². The van der Waals surface area contributed by atoms with Crippen LogP contribution in [0.3, 0.4) is 0 Å². The third-order valence-electron chi connectivity index (χ3n) is 6.53. The Hall–Kier alpha value is -1.24. The minimum absolute atomic E-state index is 0.00761. The number of likely N-dealkylation sites (N-methyl/N-ethyl adjacent to an activating group) is 4. The number of hydrogen-bond acceptors (Lipinski definition) is 16. The molecule has 0 aliphatic carbocycles. The van der Waals surface area contributed by atoms with Gasteiger partial charge in [0.15, 0.2) is 11.3 Å². The largest absolute Gasteiger partial charge is 0.357 e. The summed E-state index contributed by atoms with van der Waals surface area (Å²) in [6.07, 6.45) is 0. The predicted molar refractivity (Wildman–Crippen MR) is 197 cm³/mol. The molecule has 46 heavy (non-hydrogen) atoms. The van der Waals surface area contributed by atoms with Crippen LogP contribution in [-0.4, -0.2) is 133 Å². The molecule has 0 fully saturated rings. The van der Waals surface area contributed by atoms with Crippen LogP contribution in [0.25, 0.3) is 0 Å². The van der Waals surface area contributed by atoms with Gasteiger partial charge in [-0.2, -0.15) is 50.5 Å². The summed E-state index contributed by atoms with van der Waals surface area (Å²) >= 11 is 16.6. The van der Waals surface area contributed by atoms with Gasteiger partial charge in [0.05, 0.1) is 6.04 Å². The number of amides is 6. The van der Waals surface area contributed by atoms with E-state index in [1.807, 2.05) is 6.92 Å². The van der Waals surface area contributed by atoms with E-state index in [-0.39, 0.29) is 34.5 Å². The third kappa shape index (κ3) is 13.3. The van der Waals surface area contributed by atoms with Crippen LogP contribution >= 0.6 is 72.1 Å². The highest BCUT2D eigenvalue weighted by Crippen LogP contribution is 2.26. The number of carbonyl (C=O) groups is 6. The van der Waals surface area contributed by atoms with Gasteiger partial charge in [0.1, 0.15) is 17.6 Å². The van der Waals surface area contributed by atoms with Crippen molar-refractivity contribution in [3.63, 3.8) is 0 Å². The normalized spacial score (nSPS) is 17.0. The molecule has 0 rings (SSSR count). The lowest BCUT2D eigenvalue weighted by Gasteiger charge is -2.36. The van der Waals surface area contributed by atoms with Gasteiger partial charge in [-0.05, 0) is 20.5 Å². The molecule has 12 N–H and O–H groups in total. The van der Waals surface area contributed by atoms with Gasteiger partial charge in [-0.15, -0.1) is 0 Å². The Balaban J connectivity index is 5.88. The fourth-order valence-corrected chi connectivity index (χ4v) is 6.87. The first-order valence-electron chi connectivity index (χ1n) is 13.9. The van der Waals surface area contributed by atoms with Gasteiger partial charge in [-0.25, -0.2) is 0 Å². The molecule has 22 heteroatoms. The maximum absolute atomic E-state index is 13.4. The number of nitrogens with one attached hydrogen (secondary N) is 8. The van der Waals surface area contributed by atoms with Crippen LogP contribution in [0, 0.1) is 0 Å². The maximum atomic E-state index is 13.4. The Morgan fingerprint density at radius 1 is 0.696 bits per heavy atom. The van der Waals surface area contributed by atoms with Crippen molar-refractivity contribution in [1.82, 2.24) is 42.5 Å². The molecule has 0 unspecified atom stereocenters. The van der Waals surface area contributed by atoms with Crippen molar-refractivity contribution in [2.24, 2.45) is 11.5 Å². The van der Waals surface area contributed by atoms with Crippen LogP contribution in [0.1, 0.15) is 13.8 Å². The molecule has 0 saturated heterocycles. The van der Waals surface area contributed by atoms with Gasteiger partial charge in [0.25, 0.3) is 11.8 Å². The average molecular weight is 765 g/mol. The van der Waals surface area contributed by atoms with Gasteiger partial charge in [-0.3, -0.25) is 34.1 Å². The molecular formula is C24H48N10O6S6. The molecule has 0 aliphatic rings. The van der Waals surface area contributed by atoms with Crippen LogP contribution in [0.15, 0.2) is 0 Å². The molecule has 0 aromatic carbocycles. The lowest BCUT2D eigenvalue weighted by Crippen LogP contribution is -2.73. The molecule has 0 aliphatic heterocycles.